The Hall–Kier alpha value is -2.22. The Bertz CT molecular complexity index is 1080. The smallest absolute Gasteiger partial charge is 0.240 e. The third-order valence-corrected chi connectivity index (χ3v) is 7.84. The summed E-state index contributed by atoms with van der Waals surface area (Å²) in [5.74, 6) is -0.244. The van der Waals surface area contributed by atoms with Crippen molar-refractivity contribution in [2.24, 2.45) is 11.5 Å². The third-order valence-electron chi connectivity index (χ3n) is 4.89. The van der Waals surface area contributed by atoms with Crippen molar-refractivity contribution < 1.29 is 16.8 Å². The van der Waals surface area contributed by atoms with Gasteiger partial charge in [0, 0.05) is 24.2 Å². The molecule has 2 aromatic rings. The van der Waals surface area contributed by atoms with E-state index in [0.717, 1.165) is 19.3 Å². The van der Waals surface area contributed by atoms with Gasteiger partial charge in [-0.05, 0) is 61.4 Å². The molecule has 0 fully saturated rings. The molecule has 2 rings (SSSR count). The van der Waals surface area contributed by atoms with Gasteiger partial charge in [0.1, 0.15) is 11.7 Å². The van der Waals surface area contributed by atoms with Gasteiger partial charge in [-0.3, -0.25) is 10.8 Å². The molecular formula is C21H32Cl2N6O4S2. The Balaban J connectivity index is 0.00000578. The molecule has 10 nitrogen and oxygen atoms in total. The molecule has 0 saturated heterocycles. The molecule has 0 spiro atoms. The maximum atomic E-state index is 12.3. The molecule has 0 amide bonds. The zero-order valence-corrected chi connectivity index (χ0v) is 22.3. The lowest BCUT2D eigenvalue weighted by atomic mass is 10.1. The zero-order chi connectivity index (χ0) is 24.5. The highest BCUT2D eigenvalue weighted by Crippen LogP contribution is 2.12. The highest BCUT2D eigenvalue weighted by molar-refractivity contribution is 7.89. The summed E-state index contributed by atoms with van der Waals surface area (Å²) in [6.45, 7) is 0.610. The third kappa shape index (κ3) is 10.5. The topological polar surface area (TPSA) is 192 Å². The summed E-state index contributed by atoms with van der Waals surface area (Å²) in [5.41, 5.74) is 11.7. The van der Waals surface area contributed by atoms with E-state index in [0.29, 0.717) is 37.1 Å². The molecule has 0 aliphatic rings. The maximum absolute atomic E-state index is 12.3. The first-order valence-electron chi connectivity index (χ1n) is 10.4. The van der Waals surface area contributed by atoms with Gasteiger partial charge in [-0.1, -0.05) is 19.3 Å². The van der Waals surface area contributed by atoms with Crippen LogP contribution in [-0.4, -0.2) is 41.6 Å². The van der Waals surface area contributed by atoms with Gasteiger partial charge < -0.3 is 11.5 Å². The molecule has 14 heteroatoms. The molecule has 0 aliphatic heterocycles. The molecule has 0 bridgehead atoms. The first-order chi connectivity index (χ1) is 15.5. The van der Waals surface area contributed by atoms with Crippen LogP contribution in [0.1, 0.15) is 43.2 Å². The fourth-order valence-electron chi connectivity index (χ4n) is 2.99. The number of sulfonamides is 2. The minimum absolute atomic E-state index is 0. The van der Waals surface area contributed by atoms with Gasteiger partial charge in [0.05, 0.1) is 9.79 Å². The first kappa shape index (κ1) is 32.8. The van der Waals surface area contributed by atoms with Crippen LogP contribution >= 0.6 is 24.8 Å². The van der Waals surface area contributed by atoms with E-state index < -0.39 is 20.0 Å². The molecule has 35 heavy (non-hydrogen) atoms. The van der Waals surface area contributed by atoms with E-state index >= 15 is 0 Å². The fourth-order valence-corrected chi connectivity index (χ4v) is 5.14. The average Bonchev–Trinajstić information content (AvgIpc) is 2.78. The predicted octanol–water partition coefficient (Wildman–Crippen LogP) is 2.31. The van der Waals surface area contributed by atoms with E-state index in [4.69, 9.17) is 22.3 Å². The van der Waals surface area contributed by atoms with Crippen LogP contribution in [0.3, 0.4) is 0 Å². The summed E-state index contributed by atoms with van der Waals surface area (Å²) >= 11 is 0. The number of amidine groups is 2. The molecule has 0 radical (unpaired) electrons. The number of benzene rings is 2. The number of halogens is 2. The monoisotopic (exact) mass is 566 g/mol. The molecule has 0 atom stereocenters. The normalized spacial score (nSPS) is 11.2. The van der Waals surface area contributed by atoms with Crippen molar-refractivity contribution in [2.45, 2.75) is 41.9 Å². The molecule has 0 saturated carbocycles. The maximum Gasteiger partial charge on any atom is 0.240 e. The van der Waals surface area contributed by atoms with Crippen molar-refractivity contribution in [1.82, 2.24) is 9.44 Å². The van der Waals surface area contributed by atoms with E-state index in [1.165, 1.54) is 48.5 Å². The summed E-state index contributed by atoms with van der Waals surface area (Å²) in [6.07, 6.45) is 3.80. The van der Waals surface area contributed by atoms with Crippen LogP contribution in [0, 0.1) is 10.8 Å². The lowest BCUT2D eigenvalue weighted by Crippen LogP contribution is -2.25. The van der Waals surface area contributed by atoms with Gasteiger partial charge >= 0.3 is 0 Å². The van der Waals surface area contributed by atoms with E-state index in [-0.39, 0.29) is 46.3 Å². The van der Waals surface area contributed by atoms with Crippen molar-refractivity contribution in [3.8, 4) is 0 Å². The second-order valence-electron chi connectivity index (χ2n) is 7.44. The number of hydrogen-bond donors (Lipinski definition) is 6. The second-order valence-corrected chi connectivity index (χ2v) is 11.0. The van der Waals surface area contributed by atoms with Gasteiger partial charge in [0.25, 0.3) is 0 Å². The molecule has 0 aliphatic carbocycles. The Morgan fingerprint density at radius 2 is 0.886 bits per heavy atom. The van der Waals surface area contributed by atoms with Crippen molar-refractivity contribution in [3.63, 3.8) is 0 Å². The SMILES string of the molecule is Cl.Cl.N=C(N)c1ccc(S(=O)(=O)NCCCCCCCNS(=O)(=O)c2ccc(C(=N)N)cc2)cc1. The average molecular weight is 568 g/mol. The fraction of sp³-hybridized carbons (Fsp3) is 0.333. The van der Waals surface area contributed by atoms with Gasteiger partial charge in [-0.15, -0.1) is 24.8 Å². The minimum Gasteiger partial charge on any atom is -0.384 e. The molecule has 2 aromatic carbocycles. The summed E-state index contributed by atoms with van der Waals surface area (Å²) in [6, 6.07) is 11.6. The standard InChI is InChI=1S/C21H30N6O4S2.2ClH/c22-20(23)16-6-10-18(11-7-16)32(28,29)26-14-4-2-1-3-5-15-27-33(30,31)19-12-8-17(9-13-19)21(24)25;;/h6-13,26-27H,1-5,14-15H2,(H3,22,23)(H3,24,25);2*1H. The Kier molecular flexibility index (Phi) is 14.1. The Labute approximate surface area is 219 Å². The van der Waals surface area contributed by atoms with E-state index in [1.807, 2.05) is 0 Å². The van der Waals surface area contributed by atoms with Gasteiger partial charge in [-0.2, -0.15) is 0 Å². The summed E-state index contributed by atoms with van der Waals surface area (Å²) in [7, 11) is -7.22. The van der Waals surface area contributed by atoms with Crippen LogP contribution in [0.5, 0.6) is 0 Å². The zero-order valence-electron chi connectivity index (χ0n) is 19.0. The lowest BCUT2D eigenvalue weighted by molar-refractivity contribution is 0.562. The molecular weight excluding hydrogens is 535 g/mol. The van der Waals surface area contributed by atoms with Crippen LogP contribution in [0.25, 0.3) is 0 Å². The predicted molar refractivity (Wildman–Crippen MR) is 143 cm³/mol. The summed E-state index contributed by atoms with van der Waals surface area (Å²) in [4.78, 5) is 0.242. The Morgan fingerprint density at radius 3 is 1.17 bits per heavy atom. The van der Waals surface area contributed by atoms with Crippen molar-refractivity contribution in [1.29, 1.82) is 10.8 Å². The van der Waals surface area contributed by atoms with E-state index in [1.54, 1.807) is 0 Å². The molecule has 0 aromatic heterocycles. The summed E-state index contributed by atoms with van der Waals surface area (Å²) in [5, 5.41) is 14.7. The number of unbranched alkanes of at least 4 members (excludes halogenated alkanes) is 4. The minimum atomic E-state index is -3.61. The summed E-state index contributed by atoms with van der Waals surface area (Å²) < 4.78 is 54.2. The number of rotatable bonds is 14. The number of hydrogen-bond acceptors (Lipinski definition) is 6. The van der Waals surface area contributed by atoms with Gasteiger partial charge in [0.2, 0.25) is 20.0 Å². The van der Waals surface area contributed by atoms with Crippen molar-refractivity contribution in [3.05, 3.63) is 59.7 Å². The number of nitrogen functional groups attached to an aromatic ring is 2. The van der Waals surface area contributed by atoms with Crippen LogP contribution in [0.4, 0.5) is 0 Å². The quantitative estimate of drug-likeness (QED) is 0.115. The number of nitrogens with one attached hydrogen (secondary N) is 4. The van der Waals surface area contributed by atoms with Crippen LogP contribution in [-0.2, 0) is 20.0 Å². The van der Waals surface area contributed by atoms with Gasteiger partial charge in [-0.25, -0.2) is 26.3 Å². The molecule has 0 unspecified atom stereocenters. The second kappa shape index (κ2) is 15.0. The molecule has 0 heterocycles. The van der Waals surface area contributed by atoms with Crippen LogP contribution in [0.2, 0.25) is 0 Å². The van der Waals surface area contributed by atoms with Gasteiger partial charge in [0.15, 0.2) is 0 Å². The van der Waals surface area contributed by atoms with Crippen LogP contribution < -0.4 is 20.9 Å². The van der Waals surface area contributed by atoms with E-state index in [2.05, 4.69) is 9.44 Å². The van der Waals surface area contributed by atoms with E-state index in [9.17, 15) is 16.8 Å². The molecule has 8 N–H and O–H groups in total. The largest absolute Gasteiger partial charge is 0.384 e. The molecule has 196 valence electrons. The van der Waals surface area contributed by atoms with Crippen molar-refractivity contribution >= 4 is 56.5 Å². The van der Waals surface area contributed by atoms with Crippen LogP contribution in [0.15, 0.2) is 58.3 Å². The van der Waals surface area contributed by atoms with Crippen molar-refractivity contribution in [2.75, 3.05) is 13.1 Å². The lowest BCUT2D eigenvalue weighted by Gasteiger charge is -2.08. The highest BCUT2D eigenvalue weighted by Gasteiger charge is 2.14. The highest BCUT2D eigenvalue weighted by atomic mass is 35.5. The first-order valence-corrected chi connectivity index (χ1v) is 13.4. The Morgan fingerprint density at radius 1 is 0.600 bits per heavy atom. The number of nitrogens with two attached hydrogens (primary N) is 2.